The van der Waals surface area contributed by atoms with Gasteiger partial charge in [-0.25, -0.2) is 4.79 Å². The molecule has 0 radical (unpaired) electrons. The Balaban J connectivity index is 3.45. The topological polar surface area (TPSA) is 79.6 Å². The highest BCUT2D eigenvalue weighted by molar-refractivity contribution is 5.88. The molecule has 25 heavy (non-hydrogen) atoms. The summed E-state index contributed by atoms with van der Waals surface area (Å²) in [7, 11) is 3.67. The molecule has 1 unspecified atom stereocenters. The van der Waals surface area contributed by atoms with E-state index >= 15 is 0 Å². The Hall–Kier alpha value is -2.94. The van der Waals surface area contributed by atoms with Gasteiger partial charge < -0.3 is 20.2 Å². The van der Waals surface area contributed by atoms with Crippen LogP contribution in [0.25, 0.3) is 0 Å². The maximum absolute atomic E-state index is 11.3. The summed E-state index contributed by atoms with van der Waals surface area (Å²) < 4.78 is 0. The summed E-state index contributed by atoms with van der Waals surface area (Å²) >= 11 is 0. The molecule has 0 aliphatic carbocycles. The van der Waals surface area contributed by atoms with Crippen LogP contribution in [0.1, 0.15) is 29.8 Å². The third-order valence-electron chi connectivity index (χ3n) is 4.10. The Morgan fingerprint density at radius 2 is 2.16 bits per heavy atom. The van der Waals surface area contributed by atoms with E-state index in [0.717, 1.165) is 11.3 Å². The summed E-state index contributed by atoms with van der Waals surface area (Å²) in [5.74, 6) is -1.17. The number of carbonyl (C=O) groups is 1. The molecule has 0 aliphatic heterocycles. The van der Waals surface area contributed by atoms with Crippen molar-refractivity contribution < 1.29 is 9.90 Å². The first-order chi connectivity index (χ1) is 11.8. The highest BCUT2D eigenvalue weighted by Gasteiger charge is 2.22. The van der Waals surface area contributed by atoms with Crippen molar-refractivity contribution in [1.29, 1.82) is 5.26 Å². The van der Waals surface area contributed by atoms with Gasteiger partial charge in [-0.15, -0.1) is 0 Å². The number of carboxylic acids is 1. The molecule has 0 spiro atoms. The Morgan fingerprint density at radius 3 is 2.68 bits per heavy atom. The molecule has 0 aromatic heterocycles. The van der Waals surface area contributed by atoms with Crippen LogP contribution in [-0.2, 0) is 6.54 Å². The van der Waals surface area contributed by atoms with E-state index < -0.39 is 5.97 Å². The van der Waals surface area contributed by atoms with Crippen LogP contribution in [0.15, 0.2) is 43.4 Å². The lowest BCUT2D eigenvalue weighted by molar-refractivity contribution is 0.0696. The fraction of sp³-hybridized carbons (Fsp3) is 0.368. The van der Waals surface area contributed by atoms with Gasteiger partial charge in [0.15, 0.2) is 0 Å². The Labute approximate surface area is 149 Å². The summed E-state index contributed by atoms with van der Waals surface area (Å²) in [4.78, 5) is 15.2. The molecule has 0 saturated heterocycles. The molecule has 2 N–H and O–H groups in total. The number of hydrogen-bond acceptors (Lipinski definition) is 5. The van der Waals surface area contributed by atoms with Crippen LogP contribution < -0.4 is 10.2 Å². The number of anilines is 1. The monoisotopic (exact) mass is 342 g/mol. The number of nitrogens with one attached hydrogen (secondary N) is 1. The van der Waals surface area contributed by atoms with E-state index in [2.05, 4.69) is 18.0 Å². The fourth-order valence-corrected chi connectivity index (χ4v) is 2.37. The highest BCUT2D eigenvalue weighted by atomic mass is 16.4. The molecule has 0 bridgehead atoms. The molecule has 1 aromatic carbocycles. The van der Waals surface area contributed by atoms with Gasteiger partial charge in [0.1, 0.15) is 0 Å². The van der Waals surface area contributed by atoms with Crippen LogP contribution in [0.3, 0.4) is 0 Å². The van der Waals surface area contributed by atoms with Crippen molar-refractivity contribution in [2.45, 2.75) is 26.4 Å². The van der Waals surface area contributed by atoms with Gasteiger partial charge in [-0.05, 0) is 43.8 Å². The minimum Gasteiger partial charge on any atom is -0.478 e. The molecular formula is C19H26N4O2. The van der Waals surface area contributed by atoms with E-state index in [1.165, 1.54) is 0 Å². The second-order valence-corrected chi connectivity index (χ2v) is 5.92. The highest BCUT2D eigenvalue weighted by Crippen LogP contribution is 2.28. The average molecular weight is 342 g/mol. The summed E-state index contributed by atoms with van der Waals surface area (Å²) in [6.07, 6.45) is 5.34. The van der Waals surface area contributed by atoms with Crippen LogP contribution in [0, 0.1) is 17.2 Å². The molecule has 0 fully saturated rings. The van der Waals surface area contributed by atoms with Gasteiger partial charge in [0.25, 0.3) is 0 Å². The Kier molecular flexibility index (Phi) is 7.54. The van der Waals surface area contributed by atoms with Crippen LogP contribution in [-0.4, -0.2) is 36.1 Å². The molecule has 1 rings (SSSR count). The first kappa shape index (κ1) is 20.1. The minimum atomic E-state index is -0.968. The number of nitrogens with zero attached hydrogens (tertiary/aromatic N) is 3. The largest absolute Gasteiger partial charge is 0.478 e. The second kappa shape index (κ2) is 9.38. The van der Waals surface area contributed by atoms with Crippen molar-refractivity contribution in [2.24, 2.45) is 5.92 Å². The molecular weight excluding hydrogens is 316 g/mol. The zero-order valence-electron chi connectivity index (χ0n) is 15.2. The van der Waals surface area contributed by atoms with Crippen LogP contribution in [0.5, 0.6) is 0 Å². The number of hydrogen-bond donors (Lipinski definition) is 2. The number of benzene rings is 1. The molecule has 6 nitrogen and oxygen atoms in total. The number of carboxylic acid groups (broad SMARTS) is 1. The third-order valence-corrected chi connectivity index (χ3v) is 4.10. The lowest BCUT2D eigenvalue weighted by Crippen LogP contribution is -2.34. The van der Waals surface area contributed by atoms with Crippen LogP contribution in [0.4, 0.5) is 5.69 Å². The van der Waals surface area contributed by atoms with Crippen molar-refractivity contribution >= 4 is 11.7 Å². The number of aromatic carboxylic acids is 1. The molecule has 0 aliphatic rings. The van der Waals surface area contributed by atoms with E-state index in [1.807, 2.05) is 36.9 Å². The first-order valence-electron chi connectivity index (χ1n) is 8.06. The third kappa shape index (κ3) is 5.28. The van der Waals surface area contributed by atoms with E-state index in [9.17, 15) is 15.2 Å². The number of rotatable bonds is 9. The van der Waals surface area contributed by atoms with Crippen molar-refractivity contribution in [3.63, 3.8) is 0 Å². The Bertz CT molecular complexity index is 678. The normalized spacial score (nSPS) is 12.9. The molecule has 0 saturated carbocycles. The van der Waals surface area contributed by atoms with Gasteiger partial charge in [-0.2, -0.15) is 5.26 Å². The van der Waals surface area contributed by atoms with Gasteiger partial charge in [-0.3, -0.25) is 0 Å². The van der Waals surface area contributed by atoms with Gasteiger partial charge >= 0.3 is 5.97 Å². The molecule has 0 amide bonds. The smallest absolute Gasteiger partial charge is 0.335 e. The number of nitriles is 1. The fourth-order valence-electron chi connectivity index (χ4n) is 2.37. The van der Waals surface area contributed by atoms with E-state index in [-0.39, 0.29) is 17.5 Å². The molecule has 1 aromatic rings. The average Bonchev–Trinajstić information content (AvgIpc) is 2.61. The van der Waals surface area contributed by atoms with Crippen LogP contribution in [0.2, 0.25) is 0 Å². The van der Waals surface area contributed by atoms with Gasteiger partial charge in [0, 0.05) is 44.8 Å². The zero-order valence-corrected chi connectivity index (χ0v) is 15.2. The van der Waals surface area contributed by atoms with E-state index in [4.69, 9.17) is 0 Å². The summed E-state index contributed by atoms with van der Waals surface area (Å²) in [5.41, 5.74) is 1.94. The van der Waals surface area contributed by atoms with E-state index in [0.29, 0.717) is 6.54 Å². The lowest BCUT2D eigenvalue weighted by atomic mass is 10.0. The summed E-state index contributed by atoms with van der Waals surface area (Å²) in [5, 5.41) is 21.5. The van der Waals surface area contributed by atoms with Crippen molar-refractivity contribution in [3.05, 3.63) is 54.5 Å². The summed E-state index contributed by atoms with van der Waals surface area (Å²) in [6.45, 7) is 8.09. The molecule has 134 valence electrons. The van der Waals surface area contributed by atoms with Crippen molar-refractivity contribution in [3.8, 4) is 6.07 Å². The summed E-state index contributed by atoms with van der Waals surface area (Å²) in [6, 6.07) is 7.23. The maximum Gasteiger partial charge on any atom is 0.335 e. The quantitative estimate of drug-likeness (QED) is 0.718. The standard InChI is InChI=1S/C19H26N4O2/c1-6-22(5)13-17-11-16(19(24)25)7-8-18(17)23(10-9-21-4)15(3)14(2)12-20/h6-11,14-15,21H,1,13H2,2-5H3,(H,24,25)/b10-9-/t14?,15-/m0/s1. The van der Waals surface area contributed by atoms with Gasteiger partial charge in [0.05, 0.1) is 17.6 Å². The van der Waals surface area contributed by atoms with Gasteiger partial charge in [-0.1, -0.05) is 6.58 Å². The lowest BCUT2D eigenvalue weighted by Gasteiger charge is -2.32. The Morgan fingerprint density at radius 1 is 1.48 bits per heavy atom. The maximum atomic E-state index is 11.3. The second-order valence-electron chi connectivity index (χ2n) is 5.92. The molecule has 0 heterocycles. The van der Waals surface area contributed by atoms with Crippen molar-refractivity contribution in [2.75, 3.05) is 19.0 Å². The molecule has 2 atom stereocenters. The first-order valence-corrected chi connectivity index (χ1v) is 8.06. The minimum absolute atomic E-state index is 0.0851. The SMILES string of the molecule is C=CN(C)Cc1cc(C(=O)O)ccc1N(/C=C\NC)[C@@H](C)C(C)C#N. The predicted molar refractivity (Wildman–Crippen MR) is 100.0 cm³/mol. The zero-order chi connectivity index (χ0) is 19.0. The van der Waals surface area contributed by atoms with Crippen LogP contribution >= 0.6 is 0 Å². The van der Waals surface area contributed by atoms with Gasteiger partial charge in [0.2, 0.25) is 0 Å². The predicted octanol–water partition coefficient (Wildman–Crippen LogP) is 3.01. The van der Waals surface area contributed by atoms with Crippen molar-refractivity contribution in [1.82, 2.24) is 10.2 Å². The molecule has 6 heteroatoms. The van der Waals surface area contributed by atoms with E-state index in [1.54, 1.807) is 37.6 Å².